The number of aromatic nitrogens is 4. The van der Waals surface area contributed by atoms with Crippen LogP contribution in [-0.4, -0.2) is 33.0 Å². The highest BCUT2D eigenvalue weighted by Gasteiger charge is 2.21. The molecule has 0 bridgehead atoms. The van der Waals surface area contributed by atoms with Gasteiger partial charge in [-0.1, -0.05) is 0 Å². The van der Waals surface area contributed by atoms with Crippen molar-refractivity contribution in [2.24, 2.45) is 0 Å². The van der Waals surface area contributed by atoms with E-state index >= 15 is 0 Å². The molecule has 0 unspecified atom stereocenters. The van der Waals surface area contributed by atoms with Crippen molar-refractivity contribution in [1.82, 2.24) is 30.6 Å². The number of nitrogens with one attached hydrogen (secondary N) is 4. The van der Waals surface area contributed by atoms with Gasteiger partial charge in [0.05, 0.1) is 45.6 Å². The van der Waals surface area contributed by atoms with Gasteiger partial charge in [0.1, 0.15) is 11.6 Å². The maximum Gasteiger partial charge on any atom is 0.123 e. The molecule has 2 aliphatic heterocycles. The van der Waals surface area contributed by atoms with Crippen molar-refractivity contribution in [3.63, 3.8) is 0 Å². The fourth-order valence-corrected chi connectivity index (χ4v) is 6.54. The number of aromatic amines is 2. The molecular weight excluding hydrogens is 388 g/mol. The summed E-state index contributed by atoms with van der Waals surface area (Å²) in [5.41, 5.74) is 2.24. The Bertz CT molecular complexity index is 992. The van der Waals surface area contributed by atoms with Crippen LogP contribution in [0.1, 0.15) is 49.4 Å². The first kappa shape index (κ1) is 16.9. The van der Waals surface area contributed by atoms with E-state index in [1.54, 1.807) is 0 Å². The minimum atomic E-state index is 0.380. The van der Waals surface area contributed by atoms with Gasteiger partial charge in [-0.05, 0) is 50.9 Å². The van der Waals surface area contributed by atoms with E-state index in [-0.39, 0.29) is 0 Å². The molecule has 4 aromatic heterocycles. The van der Waals surface area contributed by atoms with Crippen LogP contribution in [0.3, 0.4) is 0 Å². The summed E-state index contributed by atoms with van der Waals surface area (Å²) in [6.07, 6.45) is 8.73. The van der Waals surface area contributed by atoms with Gasteiger partial charge in [0.15, 0.2) is 0 Å². The summed E-state index contributed by atoms with van der Waals surface area (Å²) >= 11 is 3.65. The number of thiophene rings is 2. The molecule has 4 aromatic rings. The highest BCUT2D eigenvalue weighted by Crippen LogP contribution is 2.41. The second kappa shape index (κ2) is 6.81. The van der Waals surface area contributed by atoms with Crippen LogP contribution in [0.25, 0.3) is 30.5 Å². The smallest absolute Gasteiger partial charge is 0.123 e. The Balaban J connectivity index is 1.26. The average molecular weight is 411 g/mol. The van der Waals surface area contributed by atoms with Crippen molar-refractivity contribution in [2.45, 2.75) is 37.8 Å². The van der Waals surface area contributed by atoms with Crippen molar-refractivity contribution in [3.05, 3.63) is 36.2 Å². The summed E-state index contributed by atoms with van der Waals surface area (Å²) in [5.74, 6) is 2.13. The van der Waals surface area contributed by atoms with Crippen molar-refractivity contribution in [1.29, 1.82) is 0 Å². The second-order valence-electron chi connectivity index (χ2n) is 7.61. The molecule has 2 aliphatic rings. The normalized spacial score (nSPS) is 22.6. The molecule has 2 saturated heterocycles. The zero-order chi connectivity index (χ0) is 18.5. The van der Waals surface area contributed by atoms with Gasteiger partial charge in [0, 0.05) is 9.40 Å². The highest BCUT2D eigenvalue weighted by atomic mass is 32.1. The number of hydrogen-bond acceptors (Lipinski definition) is 6. The SMILES string of the molecule is c1nc([C@@H]2CCCN2)[nH]c1-c1cc2sc(-c3cnc([C@@H]4CCCN4)[nH]3)cc2s1. The summed E-state index contributed by atoms with van der Waals surface area (Å²) in [5, 5.41) is 7.01. The quantitative estimate of drug-likeness (QED) is 0.397. The number of hydrogen-bond donors (Lipinski definition) is 4. The second-order valence-corrected chi connectivity index (χ2v) is 9.78. The Morgan fingerprint density at radius 2 is 1.25 bits per heavy atom. The van der Waals surface area contributed by atoms with E-state index in [0.29, 0.717) is 12.1 Å². The molecule has 4 N–H and O–H groups in total. The van der Waals surface area contributed by atoms with E-state index < -0.39 is 0 Å². The Morgan fingerprint density at radius 3 is 1.68 bits per heavy atom. The first-order valence-electron chi connectivity index (χ1n) is 9.94. The van der Waals surface area contributed by atoms with Crippen molar-refractivity contribution in [3.8, 4) is 21.1 Å². The third kappa shape index (κ3) is 2.91. The molecule has 6 nitrogen and oxygen atoms in total. The highest BCUT2D eigenvalue weighted by molar-refractivity contribution is 7.31. The van der Waals surface area contributed by atoms with E-state index in [4.69, 9.17) is 0 Å². The lowest BCUT2D eigenvalue weighted by atomic mass is 10.2. The van der Waals surface area contributed by atoms with Crippen molar-refractivity contribution >= 4 is 32.1 Å². The molecule has 0 spiro atoms. The van der Waals surface area contributed by atoms with Crippen LogP contribution >= 0.6 is 22.7 Å². The lowest BCUT2D eigenvalue weighted by molar-refractivity contribution is 0.613. The minimum absolute atomic E-state index is 0.380. The number of rotatable bonds is 4. The predicted molar refractivity (Wildman–Crippen MR) is 115 cm³/mol. The molecule has 28 heavy (non-hydrogen) atoms. The molecule has 0 aromatic carbocycles. The standard InChI is InChI=1S/C20H22N6S2/c1-3-11(21-5-1)19-23-9-13(25-19)15-7-17-18(27-15)8-16(28-17)14-10-24-20(26-14)12-4-2-6-22-12/h7-12,21-22H,1-6H2,(H,23,25)(H,24,26)/t11-,12-/m0/s1. The molecule has 0 aliphatic carbocycles. The fourth-order valence-electron chi connectivity index (χ4n) is 4.21. The van der Waals surface area contributed by atoms with Crippen LogP contribution in [0.2, 0.25) is 0 Å². The molecule has 6 rings (SSSR count). The van der Waals surface area contributed by atoms with E-state index in [9.17, 15) is 0 Å². The van der Waals surface area contributed by atoms with E-state index in [1.165, 1.54) is 44.8 Å². The van der Waals surface area contributed by atoms with Gasteiger partial charge in [-0.15, -0.1) is 22.7 Å². The summed E-state index contributed by atoms with van der Waals surface area (Å²) in [6, 6.07) is 5.32. The lowest BCUT2D eigenvalue weighted by Gasteiger charge is -2.05. The molecule has 2 atom stereocenters. The van der Waals surface area contributed by atoms with Crippen LogP contribution < -0.4 is 10.6 Å². The number of H-pyrrole nitrogens is 2. The predicted octanol–water partition coefficient (Wildman–Crippen LogP) is 4.59. The molecule has 0 amide bonds. The van der Waals surface area contributed by atoms with Crippen LogP contribution in [-0.2, 0) is 0 Å². The summed E-state index contributed by atoms with van der Waals surface area (Å²) in [4.78, 5) is 18.8. The lowest BCUT2D eigenvalue weighted by Crippen LogP contribution is -2.14. The Morgan fingerprint density at radius 1 is 0.750 bits per heavy atom. The molecular formula is C20H22N6S2. The van der Waals surface area contributed by atoms with Crippen molar-refractivity contribution < 1.29 is 0 Å². The third-order valence-corrected chi connectivity index (χ3v) is 8.07. The summed E-state index contributed by atoms with van der Waals surface area (Å²) in [6.45, 7) is 2.18. The Kier molecular flexibility index (Phi) is 4.11. The largest absolute Gasteiger partial charge is 0.340 e. The average Bonchev–Trinajstić information content (AvgIpc) is 3.54. The van der Waals surface area contributed by atoms with Crippen LogP contribution in [0, 0.1) is 0 Å². The molecule has 0 saturated carbocycles. The van der Waals surface area contributed by atoms with Crippen LogP contribution in [0.5, 0.6) is 0 Å². The monoisotopic (exact) mass is 410 g/mol. The molecule has 2 fully saturated rings. The van der Waals surface area contributed by atoms with Gasteiger partial charge in [-0.2, -0.15) is 0 Å². The number of imidazole rings is 2. The molecule has 0 radical (unpaired) electrons. The van der Waals surface area contributed by atoms with Crippen LogP contribution in [0.4, 0.5) is 0 Å². The van der Waals surface area contributed by atoms with E-state index in [1.807, 2.05) is 35.1 Å². The van der Waals surface area contributed by atoms with Gasteiger partial charge < -0.3 is 20.6 Å². The molecule has 6 heterocycles. The van der Waals surface area contributed by atoms with Gasteiger partial charge in [-0.3, -0.25) is 0 Å². The van der Waals surface area contributed by atoms with Crippen LogP contribution in [0.15, 0.2) is 24.5 Å². The van der Waals surface area contributed by atoms with Gasteiger partial charge in [0.25, 0.3) is 0 Å². The van der Waals surface area contributed by atoms with Crippen molar-refractivity contribution in [2.75, 3.05) is 13.1 Å². The van der Waals surface area contributed by atoms with E-state index in [2.05, 4.69) is 42.7 Å². The van der Waals surface area contributed by atoms with Gasteiger partial charge in [-0.25, -0.2) is 9.97 Å². The fraction of sp³-hybridized carbons (Fsp3) is 0.400. The maximum atomic E-state index is 4.61. The van der Waals surface area contributed by atoms with E-state index in [0.717, 1.165) is 36.1 Å². The van der Waals surface area contributed by atoms with Gasteiger partial charge in [0.2, 0.25) is 0 Å². The number of fused-ring (bicyclic) bond motifs is 1. The topological polar surface area (TPSA) is 81.4 Å². The third-order valence-electron chi connectivity index (χ3n) is 5.71. The van der Waals surface area contributed by atoms with Gasteiger partial charge >= 0.3 is 0 Å². The molecule has 8 heteroatoms. The number of nitrogens with zero attached hydrogens (tertiary/aromatic N) is 2. The zero-order valence-electron chi connectivity index (χ0n) is 15.4. The summed E-state index contributed by atoms with van der Waals surface area (Å²) in [7, 11) is 0. The minimum Gasteiger partial charge on any atom is -0.340 e. The first-order valence-corrected chi connectivity index (χ1v) is 11.6. The molecule has 144 valence electrons. The zero-order valence-corrected chi connectivity index (χ0v) is 17.1. The Labute approximate surface area is 170 Å². The summed E-state index contributed by atoms with van der Waals surface area (Å²) < 4.78 is 2.64. The Hall–Kier alpha value is -2.00. The maximum absolute atomic E-state index is 4.61. The first-order chi connectivity index (χ1) is 13.8.